The number of rotatable bonds is 2. The smallest absolute Gasteiger partial charge is 0.407 e. The van der Waals surface area contributed by atoms with Gasteiger partial charge in [0.25, 0.3) is 0 Å². The highest BCUT2D eigenvalue weighted by Crippen LogP contribution is 2.20. The minimum atomic E-state index is -1.67. The van der Waals surface area contributed by atoms with Crippen LogP contribution >= 0.6 is 0 Å². The van der Waals surface area contributed by atoms with Crippen molar-refractivity contribution in [3.05, 3.63) is 20.9 Å². The Hall–Kier alpha value is -2.18. The zero-order valence-corrected chi connectivity index (χ0v) is 8.01. The Labute approximate surface area is 88.7 Å². The van der Waals surface area contributed by atoms with Gasteiger partial charge >= 0.3 is 6.09 Å². The number of piperidine rings is 1. The van der Waals surface area contributed by atoms with Gasteiger partial charge in [0.2, 0.25) is 0 Å². The Morgan fingerprint density at radius 1 is 1.38 bits per heavy atom. The zero-order chi connectivity index (χ0) is 12.1. The van der Waals surface area contributed by atoms with Gasteiger partial charge in [-0.3, -0.25) is 0 Å². The summed E-state index contributed by atoms with van der Waals surface area (Å²) in [5.74, 6) is 0. The molecule has 86 valence electrons. The molecular formula is C6H8FN7O2. The van der Waals surface area contributed by atoms with E-state index in [1.165, 1.54) is 0 Å². The molecule has 10 heteroatoms. The maximum absolute atomic E-state index is 13.5. The van der Waals surface area contributed by atoms with E-state index in [-0.39, 0.29) is 6.54 Å². The molecule has 1 heterocycles. The van der Waals surface area contributed by atoms with E-state index in [0.29, 0.717) is 0 Å². The second-order valence-electron chi connectivity index (χ2n) is 3.17. The van der Waals surface area contributed by atoms with Gasteiger partial charge in [-0.15, -0.1) is 0 Å². The molecule has 0 bridgehead atoms. The van der Waals surface area contributed by atoms with Crippen LogP contribution in [-0.2, 0) is 0 Å². The molecule has 1 rings (SSSR count). The summed E-state index contributed by atoms with van der Waals surface area (Å²) < 4.78 is 13.5. The molecule has 0 aliphatic carbocycles. The Balaban J connectivity index is 2.92. The quantitative estimate of drug-likeness (QED) is 0.437. The maximum Gasteiger partial charge on any atom is 0.407 e. The van der Waals surface area contributed by atoms with Crippen LogP contribution in [0.1, 0.15) is 0 Å². The third-order valence-corrected chi connectivity index (χ3v) is 2.22. The molecule has 1 saturated heterocycles. The van der Waals surface area contributed by atoms with Crippen LogP contribution in [0, 0.1) is 0 Å². The number of hydrogen-bond acceptors (Lipinski definition) is 3. The normalized spacial score (nSPS) is 28.8. The Kier molecular flexibility index (Phi) is 3.76. The molecule has 1 N–H and O–H groups in total. The predicted molar refractivity (Wildman–Crippen MR) is 50.4 cm³/mol. The highest BCUT2D eigenvalue weighted by atomic mass is 19.1. The van der Waals surface area contributed by atoms with E-state index in [0.717, 1.165) is 4.90 Å². The van der Waals surface area contributed by atoms with Crippen molar-refractivity contribution in [1.29, 1.82) is 0 Å². The SMILES string of the molecule is [N-]=[N+]=NC1CN(C(=O)O)CC(F)C1N=[N+]=[N-]. The predicted octanol–water partition coefficient (Wildman–Crippen LogP) is 1.68. The Morgan fingerprint density at radius 2 is 2.00 bits per heavy atom. The van der Waals surface area contributed by atoms with Crippen LogP contribution in [-0.4, -0.2) is 47.4 Å². The van der Waals surface area contributed by atoms with Gasteiger partial charge in [-0.25, -0.2) is 9.18 Å². The fourth-order valence-corrected chi connectivity index (χ4v) is 1.50. The second kappa shape index (κ2) is 5.06. The van der Waals surface area contributed by atoms with E-state index in [1.807, 2.05) is 0 Å². The molecule has 1 aliphatic rings. The number of likely N-dealkylation sites (tertiary alicyclic amines) is 1. The molecule has 1 aliphatic heterocycles. The fourth-order valence-electron chi connectivity index (χ4n) is 1.50. The maximum atomic E-state index is 13.5. The summed E-state index contributed by atoms with van der Waals surface area (Å²) in [6.07, 6.45) is -2.98. The first-order chi connectivity index (χ1) is 7.60. The standard InChI is InChI=1S/C6H8FN7O2/c7-3-1-14(6(15)16)2-4(10-12-8)5(3)11-13-9/h3-5H,1-2H2,(H,15,16). The van der Waals surface area contributed by atoms with Crippen LogP contribution in [0.2, 0.25) is 0 Å². The lowest BCUT2D eigenvalue weighted by molar-refractivity contribution is 0.0882. The number of carbonyl (C=O) groups is 1. The van der Waals surface area contributed by atoms with Gasteiger partial charge in [0.1, 0.15) is 6.17 Å². The van der Waals surface area contributed by atoms with Crippen LogP contribution in [0.5, 0.6) is 0 Å². The molecule has 0 aromatic carbocycles. The molecule has 3 unspecified atom stereocenters. The third-order valence-electron chi connectivity index (χ3n) is 2.22. The number of azide groups is 2. The first-order valence-electron chi connectivity index (χ1n) is 4.30. The summed E-state index contributed by atoms with van der Waals surface area (Å²) in [6, 6.07) is -2.17. The van der Waals surface area contributed by atoms with Crippen LogP contribution in [0.4, 0.5) is 9.18 Å². The number of carboxylic acid groups (broad SMARTS) is 1. The molecule has 3 atom stereocenters. The van der Waals surface area contributed by atoms with E-state index in [4.69, 9.17) is 16.2 Å². The number of hydrogen-bond donors (Lipinski definition) is 1. The molecule has 0 spiro atoms. The summed E-state index contributed by atoms with van der Waals surface area (Å²) in [4.78, 5) is 16.3. The van der Waals surface area contributed by atoms with Gasteiger partial charge in [0.05, 0.1) is 18.6 Å². The second-order valence-corrected chi connectivity index (χ2v) is 3.17. The monoisotopic (exact) mass is 229 g/mol. The van der Waals surface area contributed by atoms with E-state index in [9.17, 15) is 9.18 Å². The molecule has 0 aromatic heterocycles. The molecule has 0 radical (unpaired) electrons. The van der Waals surface area contributed by atoms with E-state index in [2.05, 4.69) is 20.1 Å². The Morgan fingerprint density at radius 3 is 2.50 bits per heavy atom. The minimum absolute atomic E-state index is 0.177. The largest absolute Gasteiger partial charge is 0.465 e. The van der Waals surface area contributed by atoms with Gasteiger partial charge in [-0.05, 0) is 11.1 Å². The number of alkyl halides is 1. The molecule has 0 aromatic rings. The van der Waals surface area contributed by atoms with Crippen LogP contribution in [0.3, 0.4) is 0 Å². The lowest BCUT2D eigenvalue weighted by atomic mass is 9.99. The summed E-state index contributed by atoms with van der Waals surface area (Å²) in [5, 5.41) is 15.1. The molecule has 1 fully saturated rings. The molecule has 0 saturated carbocycles. The summed E-state index contributed by atoms with van der Waals surface area (Å²) in [7, 11) is 0. The highest BCUT2D eigenvalue weighted by Gasteiger charge is 2.37. The molecular weight excluding hydrogens is 221 g/mol. The van der Waals surface area contributed by atoms with Crippen molar-refractivity contribution in [3.63, 3.8) is 0 Å². The van der Waals surface area contributed by atoms with Gasteiger partial charge in [-0.1, -0.05) is 10.2 Å². The molecule has 16 heavy (non-hydrogen) atoms. The summed E-state index contributed by atoms with van der Waals surface area (Å²) in [5.41, 5.74) is 16.5. The van der Waals surface area contributed by atoms with Crippen molar-refractivity contribution in [2.24, 2.45) is 10.2 Å². The van der Waals surface area contributed by atoms with Crippen molar-refractivity contribution in [1.82, 2.24) is 4.90 Å². The van der Waals surface area contributed by atoms with Crippen LogP contribution in [0.25, 0.3) is 20.9 Å². The van der Waals surface area contributed by atoms with Crippen LogP contribution < -0.4 is 0 Å². The average Bonchev–Trinajstić information content (AvgIpc) is 2.23. The van der Waals surface area contributed by atoms with E-state index < -0.39 is 30.9 Å². The number of amides is 1. The van der Waals surface area contributed by atoms with Gasteiger partial charge < -0.3 is 10.0 Å². The van der Waals surface area contributed by atoms with Gasteiger partial charge in [-0.2, -0.15) is 0 Å². The van der Waals surface area contributed by atoms with E-state index in [1.54, 1.807) is 0 Å². The summed E-state index contributed by atoms with van der Waals surface area (Å²) in [6.45, 7) is -0.569. The highest BCUT2D eigenvalue weighted by molar-refractivity contribution is 5.65. The lowest BCUT2D eigenvalue weighted by Gasteiger charge is -2.34. The third kappa shape index (κ3) is 2.44. The molecule has 1 amide bonds. The van der Waals surface area contributed by atoms with Crippen molar-refractivity contribution in [2.75, 3.05) is 13.1 Å². The fraction of sp³-hybridized carbons (Fsp3) is 0.833. The summed E-state index contributed by atoms with van der Waals surface area (Å²) >= 11 is 0. The topological polar surface area (TPSA) is 138 Å². The number of nitrogens with zero attached hydrogens (tertiary/aromatic N) is 7. The minimum Gasteiger partial charge on any atom is -0.465 e. The van der Waals surface area contributed by atoms with Crippen molar-refractivity contribution >= 4 is 6.09 Å². The van der Waals surface area contributed by atoms with E-state index >= 15 is 0 Å². The zero-order valence-electron chi connectivity index (χ0n) is 8.01. The first kappa shape index (κ1) is 11.9. The first-order valence-corrected chi connectivity index (χ1v) is 4.30. The van der Waals surface area contributed by atoms with Crippen LogP contribution in [0.15, 0.2) is 10.2 Å². The number of halogens is 1. The van der Waals surface area contributed by atoms with Gasteiger partial charge in [0, 0.05) is 16.4 Å². The van der Waals surface area contributed by atoms with Crippen molar-refractivity contribution in [2.45, 2.75) is 18.3 Å². The lowest BCUT2D eigenvalue weighted by Crippen LogP contribution is -2.53. The Bertz CT molecular complexity index is 375. The van der Waals surface area contributed by atoms with Crippen molar-refractivity contribution < 1.29 is 14.3 Å². The van der Waals surface area contributed by atoms with Gasteiger partial charge in [0.15, 0.2) is 0 Å². The average molecular weight is 229 g/mol. The van der Waals surface area contributed by atoms with Crippen molar-refractivity contribution in [3.8, 4) is 0 Å². The molecule has 9 nitrogen and oxygen atoms in total.